The van der Waals surface area contributed by atoms with Gasteiger partial charge in [0.15, 0.2) is 0 Å². The topological polar surface area (TPSA) is 58.3 Å². The van der Waals surface area contributed by atoms with Crippen LogP contribution in [0.5, 0.6) is 0 Å². The predicted molar refractivity (Wildman–Crippen MR) is 115 cm³/mol. The minimum absolute atomic E-state index is 0. The molecule has 2 heterocycles. The van der Waals surface area contributed by atoms with Crippen LogP contribution in [0.4, 0.5) is 11.8 Å². The van der Waals surface area contributed by atoms with Gasteiger partial charge >= 0.3 is 0 Å². The van der Waals surface area contributed by atoms with E-state index in [-0.39, 0.29) is 12.4 Å². The first-order chi connectivity index (χ1) is 12.8. The second-order valence-corrected chi connectivity index (χ2v) is 6.53. The molecule has 0 radical (unpaired) electrons. The molecule has 3 aromatic rings. The number of anilines is 2. The molecule has 0 bridgehead atoms. The lowest BCUT2D eigenvalue weighted by atomic mass is 10.2. The Bertz CT molecular complexity index is 905. The highest BCUT2D eigenvalue weighted by atomic mass is 35.5. The van der Waals surface area contributed by atoms with E-state index in [1.807, 2.05) is 30.3 Å². The molecule has 4 rings (SSSR count). The molecule has 0 aliphatic carbocycles. The third kappa shape index (κ3) is 4.56. The molecule has 2 aromatic carbocycles. The van der Waals surface area contributed by atoms with E-state index in [0.29, 0.717) is 5.82 Å². The Morgan fingerprint density at radius 2 is 1.59 bits per heavy atom. The molecular weight excluding hydrogens is 358 g/mol. The maximum absolute atomic E-state index is 6.11. The second kappa shape index (κ2) is 8.84. The summed E-state index contributed by atoms with van der Waals surface area (Å²) >= 11 is 0. The third-order valence-corrected chi connectivity index (χ3v) is 4.75. The lowest BCUT2D eigenvalue weighted by Gasteiger charge is -2.34. The van der Waals surface area contributed by atoms with Crippen LogP contribution in [0.1, 0.15) is 5.56 Å². The van der Waals surface area contributed by atoms with Gasteiger partial charge in [-0.15, -0.1) is 12.4 Å². The van der Waals surface area contributed by atoms with Crippen LogP contribution in [0.3, 0.4) is 0 Å². The quantitative estimate of drug-likeness (QED) is 0.749. The Kier molecular flexibility index (Phi) is 6.27. The summed E-state index contributed by atoms with van der Waals surface area (Å²) in [5.41, 5.74) is 8.26. The molecular formula is C21H24ClN5. The van der Waals surface area contributed by atoms with Crippen molar-refractivity contribution in [3.63, 3.8) is 0 Å². The molecule has 1 fully saturated rings. The Balaban J connectivity index is 0.00000210. The van der Waals surface area contributed by atoms with Crippen LogP contribution < -0.4 is 10.6 Å². The van der Waals surface area contributed by atoms with Gasteiger partial charge in [0.05, 0.1) is 5.52 Å². The van der Waals surface area contributed by atoms with E-state index in [4.69, 9.17) is 5.73 Å². The number of hydrogen-bond acceptors (Lipinski definition) is 5. The van der Waals surface area contributed by atoms with Crippen LogP contribution in [0.15, 0.2) is 60.7 Å². The third-order valence-electron chi connectivity index (χ3n) is 4.75. The molecule has 1 saturated heterocycles. The maximum Gasteiger partial charge on any atom is 0.227 e. The van der Waals surface area contributed by atoms with Gasteiger partial charge in [0.1, 0.15) is 5.82 Å². The minimum Gasteiger partial charge on any atom is -0.383 e. The number of halogens is 1. The van der Waals surface area contributed by atoms with Crippen molar-refractivity contribution in [2.75, 3.05) is 43.4 Å². The van der Waals surface area contributed by atoms with Crippen LogP contribution in [-0.2, 0) is 0 Å². The van der Waals surface area contributed by atoms with E-state index in [9.17, 15) is 0 Å². The molecule has 0 saturated carbocycles. The molecule has 140 valence electrons. The number of nitrogen functional groups attached to an aromatic ring is 1. The number of aromatic nitrogens is 2. The van der Waals surface area contributed by atoms with E-state index < -0.39 is 0 Å². The Labute approximate surface area is 165 Å². The second-order valence-electron chi connectivity index (χ2n) is 6.53. The van der Waals surface area contributed by atoms with Gasteiger partial charge in [-0.05, 0) is 17.7 Å². The van der Waals surface area contributed by atoms with E-state index >= 15 is 0 Å². The molecule has 5 nitrogen and oxygen atoms in total. The maximum atomic E-state index is 6.11. The number of nitrogens with zero attached hydrogens (tertiary/aromatic N) is 4. The summed E-state index contributed by atoms with van der Waals surface area (Å²) in [6.07, 6.45) is 4.41. The van der Waals surface area contributed by atoms with Crippen LogP contribution in [-0.4, -0.2) is 47.6 Å². The largest absolute Gasteiger partial charge is 0.383 e. The lowest BCUT2D eigenvalue weighted by Crippen LogP contribution is -2.47. The van der Waals surface area contributed by atoms with E-state index in [1.165, 1.54) is 5.56 Å². The van der Waals surface area contributed by atoms with Crippen LogP contribution in [0.2, 0.25) is 0 Å². The predicted octanol–water partition coefficient (Wildman–Crippen LogP) is 3.47. The summed E-state index contributed by atoms with van der Waals surface area (Å²) in [5, 5.41) is 0.918. The SMILES string of the molecule is Cl.Nc1nc(N2CCN(C/C=C/c3ccccc3)CC2)nc2ccccc12. The number of para-hydroxylation sites is 1. The summed E-state index contributed by atoms with van der Waals surface area (Å²) in [7, 11) is 0. The van der Waals surface area contributed by atoms with Gasteiger partial charge in [0, 0.05) is 38.1 Å². The smallest absolute Gasteiger partial charge is 0.227 e. The standard InChI is InChI=1S/C21H23N5.ClH/c22-20-18-10-4-5-11-19(18)23-21(24-20)26-15-13-25(14-16-26)12-6-9-17-7-2-1-3-8-17;/h1-11H,12-16H2,(H2,22,23,24);1H/b9-6+;. The molecule has 1 aliphatic rings. The zero-order chi connectivity index (χ0) is 17.8. The van der Waals surface area contributed by atoms with Gasteiger partial charge in [-0.25, -0.2) is 4.98 Å². The summed E-state index contributed by atoms with van der Waals surface area (Å²) in [6, 6.07) is 18.3. The van der Waals surface area contributed by atoms with Crippen molar-refractivity contribution in [3.8, 4) is 0 Å². The summed E-state index contributed by atoms with van der Waals surface area (Å²) in [5.74, 6) is 1.29. The number of hydrogen-bond donors (Lipinski definition) is 1. The van der Waals surface area contributed by atoms with Gasteiger partial charge < -0.3 is 10.6 Å². The molecule has 2 N–H and O–H groups in total. The summed E-state index contributed by atoms with van der Waals surface area (Å²) < 4.78 is 0. The van der Waals surface area contributed by atoms with E-state index in [1.54, 1.807) is 0 Å². The summed E-state index contributed by atoms with van der Waals surface area (Å²) in [6.45, 7) is 4.78. The van der Waals surface area contributed by atoms with Crippen molar-refractivity contribution >= 4 is 41.2 Å². The molecule has 0 amide bonds. The Morgan fingerprint density at radius 3 is 2.37 bits per heavy atom. The van der Waals surface area contributed by atoms with E-state index in [2.05, 4.69) is 56.2 Å². The highest BCUT2D eigenvalue weighted by molar-refractivity contribution is 5.88. The Morgan fingerprint density at radius 1 is 0.889 bits per heavy atom. The molecule has 1 aliphatic heterocycles. The van der Waals surface area contributed by atoms with Crippen molar-refractivity contribution < 1.29 is 0 Å². The zero-order valence-corrected chi connectivity index (χ0v) is 16.0. The average molecular weight is 382 g/mol. The van der Waals surface area contributed by atoms with Crippen LogP contribution in [0.25, 0.3) is 17.0 Å². The first kappa shape index (κ1) is 19.1. The molecule has 0 unspecified atom stereocenters. The first-order valence-electron chi connectivity index (χ1n) is 9.01. The fraction of sp³-hybridized carbons (Fsp3) is 0.238. The van der Waals surface area contributed by atoms with Crippen molar-refractivity contribution in [2.24, 2.45) is 0 Å². The van der Waals surface area contributed by atoms with Crippen molar-refractivity contribution in [1.82, 2.24) is 14.9 Å². The van der Waals surface area contributed by atoms with Crippen molar-refractivity contribution in [2.45, 2.75) is 0 Å². The lowest BCUT2D eigenvalue weighted by molar-refractivity contribution is 0.283. The molecule has 6 heteroatoms. The fourth-order valence-electron chi connectivity index (χ4n) is 3.26. The number of rotatable bonds is 4. The fourth-order valence-corrected chi connectivity index (χ4v) is 3.26. The average Bonchev–Trinajstić information content (AvgIpc) is 2.69. The number of nitrogens with two attached hydrogens (primary N) is 1. The number of benzene rings is 2. The summed E-state index contributed by atoms with van der Waals surface area (Å²) in [4.78, 5) is 13.9. The molecule has 1 aromatic heterocycles. The molecule has 0 spiro atoms. The highest BCUT2D eigenvalue weighted by Gasteiger charge is 2.19. The van der Waals surface area contributed by atoms with E-state index in [0.717, 1.165) is 49.6 Å². The van der Waals surface area contributed by atoms with Crippen LogP contribution in [0, 0.1) is 0 Å². The molecule has 27 heavy (non-hydrogen) atoms. The molecule has 0 atom stereocenters. The van der Waals surface area contributed by atoms with Gasteiger partial charge in [-0.3, -0.25) is 4.90 Å². The van der Waals surface area contributed by atoms with Gasteiger partial charge in [0.25, 0.3) is 0 Å². The number of fused-ring (bicyclic) bond motifs is 1. The monoisotopic (exact) mass is 381 g/mol. The van der Waals surface area contributed by atoms with Crippen molar-refractivity contribution in [3.05, 3.63) is 66.2 Å². The van der Waals surface area contributed by atoms with Gasteiger partial charge in [-0.1, -0.05) is 54.6 Å². The highest BCUT2D eigenvalue weighted by Crippen LogP contribution is 2.21. The van der Waals surface area contributed by atoms with Crippen LogP contribution >= 0.6 is 12.4 Å². The minimum atomic E-state index is 0. The zero-order valence-electron chi connectivity index (χ0n) is 15.2. The van der Waals surface area contributed by atoms with Crippen molar-refractivity contribution in [1.29, 1.82) is 0 Å². The first-order valence-corrected chi connectivity index (χ1v) is 9.01. The Hall–Kier alpha value is -2.63. The number of piperazine rings is 1. The van der Waals surface area contributed by atoms with Gasteiger partial charge in [-0.2, -0.15) is 4.98 Å². The van der Waals surface area contributed by atoms with Gasteiger partial charge in [0.2, 0.25) is 5.95 Å². The normalized spacial score (nSPS) is 15.2.